The Kier molecular flexibility index (Phi) is 3.76. The molecule has 0 amide bonds. The summed E-state index contributed by atoms with van der Waals surface area (Å²) < 4.78 is 7.24. The molecule has 126 valence electrons. The van der Waals surface area contributed by atoms with Crippen LogP contribution in [0.1, 0.15) is 11.3 Å². The van der Waals surface area contributed by atoms with Gasteiger partial charge in [0.15, 0.2) is 5.65 Å². The summed E-state index contributed by atoms with van der Waals surface area (Å²) in [5.41, 5.74) is 4.07. The first kappa shape index (κ1) is 15.4. The highest BCUT2D eigenvalue weighted by atomic mass is 16.5. The van der Waals surface area contributed by atoms with Crippen LogP contribution in [0.2, 0.25) is 0 Å². The van der Waals surface area contributed by atoms with Gasteiger partial charge in [-0.05, 0) is 36.8 Å². The lowest BCUT2D eigenvalue weighted by Crippen LogP contribution is -2.18. The van der Waals surface area contributed by atoms with E-state index in [-0.39, 0.29) is 0 Å². The second-order valence-corrected chi connectivity index (χ2v) is 6.22. The van der Waals surface area contributed by atoms with Gasteiger partial charge >= 0.3 is 0 Å². The summed E-state index contributed by atoms with van der Waals surface area (Å²) in [6.45, 7) is 2.74. The monoisotopic (exact) mass is 332 g/mol. The molecule has 0 radical (unpaired) electrons. The largest absolute Gasteiger partial charge is 0.497 e. The number of ether oxygens (including phenoxy) is 1. The lowest BCUT2D eigenvalue weighted by atomic mass is 10.2. The third-order valence-electron chi connectivity index (χ3n) is 4.32. The van der Waals surface area contributed by atoms with Crippen molar-refractivity contribution in [3.8, 4) is 5.75 Å². The maximum Gasteiger partial charge on any atom is 0.158 e. The average molecular weight is 332 g/mol. The predicted molar refractivity (Wildman–Crippen MR) is 100 cm³/mol. The molecule has 0 aliphatic carbocycles. The van der Waals surface area contributed by atoms with Gasteiger partial charge in [-0.15, -0.1) is 0 Å². The van der Waals surface area contributed by atoms with E-state index >= 15 is 0 Å². The van der Waals surface area contributed by atoms with Gasteiger partial charge in [-0.2, -0.15) is 5.10 Å². The molecule has 2 aromatic heterocycles. The van der Waals surface area contributed by atoms with Crippen LogP contribution in [-0.4, -0.2) is 28.8 Å². The van der Waals surface area contributed by atoms with Gasteiger partial charge in [0, 0.05) is 25.0 Å². The third-order valence-corrected chi connectivity index (χ3v) is 4.32. The summed E-state index contributed by atoms with van der Waals surface area (Å²) >= 11 is 0. The van der Waals surface area contributed by atoms with Crippen LogP contribution in [0.5, 0.6) is 5.75 Å². The van der Waals surface area contributed by atoms with E-state index in [9.17, 15) is 0 Å². The highest BCUT2D eigenvalue weighted by Crippen LogP contribution is 2.27. The van der Waals surface area contributed by atoms with Gasteiger partial charge in [0.05, 0.1) is 18.3 Å². The Morgan fingerprint density at radius 2 is 1.92 bits per heavy atom. The Morgan fingerprint density at radius 1 is 1.08 bits per heavy atom. The number of benzene rings is 2. The molecule has 0 unspecified atom stereocenters. The van der Waals surface area contributed by atoms with Gasteiger partial charge in [0.2, 0.25) is 0 Å². The number of rotatable bonds is 4. The topological polar surface area (TPSA) is 42.7 Å². The van der Waals surface area contributed by atoms with Crippen molar-refractivity contribution in [2.24, 2.45) is 0 Å². The molecule has 0 spiro atoms. The summed E-state index contributed by atoms with van der Waals surface area (Å²) in [6.07, 6.45) is 0. The Labute approximate surface area is 146 Å². The first-order valence-corrected chi connectivity index (χ1v) is 8.25. The molecule has 5 nitrogen and oxygen atoms in total. The van der Waals surface area contributed by atoms with Crippen molar-refractivity contribution in [1.29, 1.82) is 0 Å². The fraction of sp³-hybridized carbons (Fsp3) is 0.200. The van der Waals surface area contributed by atoms with E-state index in [0.29, 0.717) is 0 Å². The maximum atomic E-state index is 5.33. The molecule has 0 saturated heterocycles. The molecule has 0 N–H and O–H groups in total. The van der Waals surface area contributed by atoms with E-state index in [1.165, 1.54) is 5.56 Å². The van der Waals surface area contributed by atoms with Gasteiger partial charge in [0.1, 0.15) is 11.6 Å². The van der Waals surface area contributed by atoms with Gasteiger partial charge in [-0.25, -0.2) is 9.50 Å². The number of anilines is 1. The third kappa shape index (κ3) is 2.78. The molecule has 5 heteroatoms. The Balaban J connectivity index is 1.81. The molecule has 4 aromatic rings. The van der Waals surface area contributed by atoms with Crippen LogP contribution in [0, 0.1) is 6.92 Å². The number of para-hydroxylation sites is 1. The van der Waals surface area contributed by atoms with Crippen molar-refractivity contribution < 1.29 is 4.74 Å². The quantitative estimate of drug-likeness (QED) is 0.569. The number of fused-ring (bicyclic) bond motifs is 3. The lowest BCUT2D eigenvalue weighted by molar-refractivity contribution is 0.414. The van der Waals surface area contributed by atoms with Crippen molar-refractivity contribution in [3.05, 3.63) is 65.9 Å². The standard InChI is InChI=1S/C20H20N4O/c1-14-11-19-21-20(17-9-4-5-10-18(17)24(19)22-14)23(2)13-15-7-6-8-16(12-15)25-3/h4-12H,13H2,1-3H3. The number of aryl methyl sites for hydroxylation is 1. The predicted octanol–water partition coefficient (Wildman–Crippen LogP) is 3.84. The number of nitrogens with zero attached hydrogens (tertiary/aromatic N) is 4. The summed E-state index contributed by atoms with van der Waals surface area (Å²) in [5, 5.41) is 5.65. The minimum Gasteiger partial charge on any atom is -0.497 e. The van der Waals surface area contributed by atoms with Gasteiger partial charge in [-0.3, -0.25) is 0 Å². The smallest absolute Gasteiger partial charge is 0.158 e. The second kappa shape index (κ2) is 6.09. The van der Waals surface area contributed by atoms with Gasteiger partial charge in [0.25, 0.3) is 0 Å². The zero-order valence-corrected chi connectivity index (χ0v) is 14.6. The lowest BCUT2D eigenvalue weighted by Gasteiger charge is -2.21. The molecule has 2 aromatic carbocycles. The summed E-state index contributed by atoms with van der Waals surface area (Å²) in [6, 6.07) is 18.4. The Bertz CT molecular complexity index is 1050. The summed E-state index contributed by atoms with van der Waals surface area (Å²) in [7, 11) is 3.75. The van der Waals surface area contributed by atoms with Crippen LogP contribution in [0.25, 0.3) is 16.6 Å². The van der Waals surface area contributed by atoms with E-state index in [2.05, 4.69) is 41.3 Å². The zero-order chi connectivity index (χ0) is 17.4. The maximum absolute atomic E-state index is 5.33. The van der Waals surface area contributed by atoms with Crippen LogP contribution in [-0.2, 0) is 6.54 Å². The van der Waals surface area contributed by atoms with Crippen molar-refractivity contribution >= 4 is 22.4 Å². The molecule has 25 heavy (non-hydrogen) atoms. The normalized spacial score (nSPS) is 11.2. The van der Waals surface area contributed by atoms with Gasteiger partial charge < -0.3 is 9.64 Å². The van der Waals surface area contributed by atoms with Crippen molar-refractivity contribution in [3.63, 3.8) is 0 Å². The minimum absolute atomic E-state index is 0.748. The molecular weight excluding hydrogens is 312 g/mol. The van der Waals surface area contributed by atoms with Crippen LogP contribution in [0.3, 0.4) is 0 Å². The average Bonchev–Trinajstić information content (AvgIpc) is 3.01. The minimum atomic E-state index is 0.748. The fourth-order valence-electron chi connectivity index (χ4n) is 3.17. The second-order valence-electron chi connectivity index (χ2n) is 6.22. The molecule has 0 aliphatic heterocycles. The van der Waals surface area contributed by atoms with E-state index in [1.807, 2.05) is 41.8 Å². The van der Waals surface area contributed by atoms with Crippen LogP contribution >= 0.6 is 0 Å². The Morgan fingerprint density at radius 3 is 2.76 bits per heavy atom. The number of hydrogen-bond acceptors (Lipinski definition) is 4. The van der Waals surface area contributed by atoms with Crippen LogP contribution in [0.4, 0.5) is 5.82 Å². The van der Waals surface area contributed by atoms with E-state index < -0.39 is 0 Å². The molecule has 0 fully saturated rings. The van der Waals surface area contributed by atoms with E-state index in [4.69, 9.17) is 9.72 Å². The fourth-order valence-corrected chi connectivity index (χ4v) is 3.17. The molecule has 0 saturated carbocycles. The number of aromatic nitrogens is 3. The Hall–Kier alpha value is -3.08. The zero-order valence-electron chi connectivity index (χ0n) is 14.6. The van der Waals surface area contributed by atoms with E-state index in [1.54, 1.807) is 7.11 Å². The molecule has 0 bridgehead atoms. The summed E-state index contributed by atoms with van der Waals surface area (Å²) in [5.74, 6) is 1.82. The molecular formula is C20H20N4O. The summed E-state index contributed by atoms with van der Waals surface area (Å²) in [4.78, 5) is 7.02. The van der Waals surface area contributed by atoms with E-state index in [0.717, 1.165) is 40.4 Å². The van der Waals surface area contributed by atoms with Crippen molar-refractivity contribution in [2.75, 3.05) is 19.1 Å². The first-order valence-electron chi connectivity index (χ1n) is 8.25. The first-order chi connectivity index (χ1) is 12.2. The van der Waals surface area contributed by atoms with Crippen LogP contribution < -0.4 is 9.64 Å². The van der Waals surface area contributed by atoms with Crippen molar-refractivity contribution in [1.82, 2.24) is 14.6 Å². The van der Waals surface area contributed by atoms with Crippen molar-refractivity contribution in [2.45, 2.75) is 13.5 Å². The number of methoxy groups -OCH3 is 1. The molecule has 2 heterocycles. The number of hydrogen-bond donors (Lipinski definition) is 0. The molecule has 0 aliphatic rings. The highest BCUT2D eigenvalue weighted by Gasteiger charge is 2.13. The molecule has 0 atom stereocenters. The van der Waals surface area contributed by atoms with Gasteiger partial charge in [-0.1, -0.05) is 24.3 Å². The molecule has 4 rings (SSSR count). The van der Waals surface area contributed by atoms with Crippen LogP contribution in [0.15, 0.2) is 54.6 Å². The SMILES string of the molecule is COc1cccc(CN(C)c2nc3cc(C)nn3c3ccccc23)c1. The highest BCUT2D eigenvalue weighted by molar-refractivity contribution is 5.91.